The van der Waals surface area contributed by atoms with Crippen molar-refractivity contribution in [1.82, 2.24) is 29.8 Å². The van der Waals surface area contributed by atoms with Crippen molar-refractivity contribution >= 4 is 17.5 Å². The van der Waals surface area contributed by atoms with Crippen molar-refractivity contribution in [2.24, 2.45) is 0 Å². The summed E-state index contributed by atoms with van der Waals surface area (Å²) in [5.74, 6) is 3.94. The number of benzene rings is 1. The molecule has 1 aliphatic heterocycles. The molecular weight excluding hydrogens is 366 g/mol. The summed E-state index contributed by atoms with van der Waals surface area (Å²) in [6, 6.07) is 12.1. The number of nitrogens with zero attached hydrogens (tertiary/aromatic N) is 6. The van der Waals surface area contributed by atoms with Crippen LogP contribution in [0.25, 0.3) is 17.0 Å². The number of hydrogen-bond acceptors (Lipinski definition) is 6. The molecule has 8 heteroatoms. The van der Waals surface area contributed by atoms with E-state index in [0.717, 1.165) is 49.7 Å². The molecule has 0 bridgehead atoms. The molecule has 1 aliphatic rings. The van der Waals surface area contributed by atoms with Crippen LogP contribution >= 0.6 is 0 Å². The van der Waals surface area contributed by atoms with Gasteiger partial charge in [0.1, 0.15) is 12.1 Å². The first kappa shape index (κ1) is 18.9. The van der Waals surface area contributed by atoms with Gasteiger partial charge in [0.05, 0.1) is 18.8 Å². The van der Waals surface area contributed by atoms with Crippen molar-refractivity contribution < 1.29 is 4.79 Å². The molecule has 3 aromatic rings. The van der Waals surface area contributed by atoms with Gasteiger partial charge in [-0.15, -0.1) is 6.42 Å². The smallest absolute Gasteiger partial charge is 0.254 e. The molecule has 0 radical (unpaired) electrons. The Kier molecular flexibility index (Phi) is 5.68. The highest BCUT2D eigenvalue weighted by molar-refractivity contribution is 5.78. The number of hydrogen-bond donors (Lipinski definition) is 1. The fourth-order valence-electron chi connectivity index (χ4n) is 3.55. The van der Waals surface area contributed by atoms with E-state index in [1.165, 1.54) is 6.33 Å². The quantitative estimate of drug-likeness (QED) is 0.658. The molecule has 8 nitrogen and oxygen atoms in total. The second-order valence-electron chi connectivity index (χ2n) is 6.94. The average Bonchev–Trinajstić information content (AvgIpc) is 3.11. The lowest BCUT2D eigenvalue weighted by Crippen LogP contribution is -2.39. The molecule has 1 amide bonds. The molecule has 2 aromatic heterocycles. The third-order valence-corrected chi connectivity index (χ3v) is 4.97. The van der Waals surface area contributed by atoms with E-state index in [1.807, 2.05) is 30.3 Å². The third kappa shape index (κ3) is 4.36. The second kappa shape index (κ2) is 8.71. The number of aromatic nitrogens is 4. The zero-order valence-electron chi connectivity index (χ0n) is 16.2. The average molecular weight is 389 g/mol. The maximum absolute atomic E-state index is 12.0. The number of nitrogens with one attached hydrogen (secondary N) is 1. The number of fused-ring (bicyclic) bond motifs is 1. The van der Waals surface area contributed by atoms with Crippen molar-refractivity contribution in [2.45, 2.75) is 6.42 Å². The van der Waals surface area contributed by atoms with Crippen molar-refractivity contribution in [3.05, 3.63) is 42.7 Å². The topological polar surface area (TPSA) is 78.7 Å². The maximum atomic E-state index is 12.0. The van der Waals surface area contributed by atoms with Gasteiger partial charge in [0, 0.05) is 37.8 Å². The highest BCUT2D eigenvalue weighted by Crippen LogP contribution is 2.24. The van der Waals surface area contributed by atoms with Crippen molar-refractivity contribution in [3.63, 3.8) is 0 Å². The molecule has 29 heavy (non-hydrogen) atoms. The predicted octanol–water partition coefficient (Wildman–Crippen LogP) is 1.05. The Balaban J connectivity index is 1.54. The lowest BCUT2D eigenvalue weighted by Gasteiger charge is -2.24. The number of anilines is 1. The fraction of sp³-hybridized carbons (Fsp3) is 0.333. The van der Waals surface area contributed by atoms with Crippen molar-refractivity contribution in [1.29, 1.82) is 0 Å². The summed E-state index contributed by atoms with van der Waals surface area (Å²) in [6.45, 7) is 3.92. The van der Waals surface area contributed by atoms with Crippen LogP contribution in [0.5, 0.6) is 0 Å². The Bertz CT molecular complexity index is 1020. The molecule has 1 aromatic carbocycles. The summed E-state index contributed by atoms with van der Waals surface area (Å²) >= 11 is 0. The molecule has 0 unspecified atom stereocenters. The number of carbonyl (C=O) groups excluding carboxylic acids is 1. The molecule has 148 valence electrons. The van der Waals surface area contributed by atoms with Gasteiger partial charge >= 0.3 is 0 Å². The van der Waals surface area contributed by atoms with Crippen molar-refractivity contribution in [3.8, 4) is 23.6 Å². The van der Waals surface area contributed by atoms with Crippen LogP contribution in [0.4, 0.5) is 5.82 Å². The van der Waals surface area contributed by atoms with Crippen LogP contribution in [0.2, 0.25) is 0 Å². The Labute approximate surface area is 169 Å². The molecule has 4 rings (SSSR count). The molecule has 0 aliphatic carbocycles. The van der Waals surface area contributed by atoms with Crippen LogP contribution < -0.4 is 10.2 Å². The first-order valence-corrected chi connectivity index (χ1v) is 9.68. The Morgan fingerprint density at radius 3 is 2.86 bits per heavy atom. The van der Waals surface area contributed by atoms with Crippen LogP contribution in [0.3, 0.4) is 0 Å². The van der Waals surface area contributed by atoms with Gasteiger partial charge in [-0.3, -0.25) is 9.69 Å². The number of carbonyl (C=O) groups is 1. The Morgan fingerprint density at radius 1 is 1.17 bits per heavy atom. The van der Waals surface area contributed by atoms with E-state index < -0.39 is 0 Å². The van der Waals surface area contributed by atoms with E-state index >= 15 is 0 Å². The van der Waals surface area contributed by atoms with Gasteiger partial charge in [-0.2, -0.15) is 14.6 Å². The summed E-state index contributed by atoms with van der Waals surface area (Å²) in [5.41, 5.74) is 1.91. The predicted molar refractivity (Wildman–Crippen MR) is 111 cm³/mol. The molecule has 1 fully saturated rings. The van der Waals surface area contributed by atoms with Crippen molar-refractivity contribution in [2.75, 3.05) is 44.2 Å². The maximum Gasteiger partial charge on any atom is 0.254 e. The van der Waals surface area contributed by atoms with E-state index in [0.29, 0.717) is 12.3 Å². The normalized spacial score (nSPS) is 15.1. The summed E-state index contributed by atoms with van der Waals surface area (Å²) in [7, 11) is 0. The third-order valence-electron chi connectivity index (χ3n) is 4.97. The Morgan fingerprint density at radius 2 is 2.03 bits per heavy atom. The van der Waals surface area contributed by atoms with E-state index in [2.05, 4.69) is 42.2 Å². The highest BCUT2D eigenvalue weighted by atomic mass is 16.2. The van der Waals surface area contributed by atoms with Crippen LogP contribution in [-0.2, 0) is 4.79 Å². The van der Waals surface area contributed by atoms with E-state index in [1.54, 1.807) is 4.52 Å². The van der Waals surface area contributed by atoms with Gasteiger partial charge in [-0.25, -0.2) is 4.98 Å². The number of terminal acetylenes is 1. The Hall–Kier alpha value is -3.44. The van der Waals surface area contributed by atoms with Gasteiger partial charge in [0.15, 0.2) is 0 Å². The SMILES string of the molecule is C#CCNC(=O)CN1CCCN(c2cc(-c3ccccc3)nc3ncnn23)CC1. The molecule has 0 spiro atoms. The van der Waals surface area contributed by atoms with Crippen LogP contribution in [0.1, 0.15) is 6.42 Å². The lowest BCUT2D eigenvalue weighted by atomic mass is 10.1. The first-order chi connectivity index (χ1) is 14.2. The second-order valence-corrected chi connectivity index (χ2v) is 6.94. The van der Waals surface area contributed by atoms with Crippen LogP contribution in [-0.4, -0.2) is 69.7 Å². The van der Waals surface area contributed by atoms with E-state index in [-0.39, 0.29) is 12.5 Å². The highest BCUT2D eigenvalue weighted by Gasteiger charge is 2.20. The van der Waals surface area contributed by atoms with E-state index in [9.17, 15) is 4.79 Å². The van der Waals surface area contributed by atoms with Gasteiger partial charge in [-0.05, 0) is 6.42 Å². The molecule has 1 saturated heterocycles. The first-order valence-electron chi connectivity index (χ1n) is 9.68. The molecule has 0 saturated carbocycles. The molecular formula is C21H23N7O. The molecule has 0 atom stereocenters. The van der Waals surface area contributed by atoms with Gasteiger partial charge in [-0.1, -0.05) is 36.3 Å². The van der Waals surface area contributed by atoms with Crippen LogP contribution in [0, 0.1) is 12.3 Å². The minimum absolute atomic E-state index is 0.0367. The fourth-order valence-corrected chi connectivity index (χ4v) is 3.55. The monoisotopic (exact) mass is 389 g/mol. The minimum atomic E-state index is -0.0367. The minimum Gasteiger partial charge on any atom is -0.355 e. The van der Waals surface area contributed by atoms with Crippen LogP contribution in [0.15, 0.2) is 42.7 Å². The van der Waals surface area contributed by atoms with Gasteiger partial charge in [0.2, 0.25) is 5.91 Å². The molecule has 3 heterocycles. The largest absolute Gasteiger partial charge is 0.355 e. The summed E-state index contributed by atoms with van der Waals surface area (Å²) in [5, 5.41) is 7.09. The lowest BCUT2D eigenvalue weighted by molar-refractivity contribution is -0.121. The molecule has 1 N–H and O–H groups in total. The number of amides is 1. The summed E-state index contributed by atoms with van der Waals surface area (Å²) in [4.78, 5) is 25.4. The summed E-state index contributed by atoms with van der Waals surface area (Å²) < 4.78 is 1.78. The zero-order valence-corrected chi connectivity index (χ0v) is 16.2. The number of rotatable bonds is 5. The van der Waals surface area contributed by atoms with Gasteiger partial charge < -0.3 is 10.2 Å². The van der Waals surface area contributed by atoms with E-state index in [4.69, 9.17) is 6.42 Å². The zero-order chi connectivity index (χ0) is 20.1. The van der Waals surface area contributed by atoms with Gasteiger partial charge in [0.25, 0.3) is 5.78 Å². The standard InChI is InChI=1S/C21H23N7O/c1-2-9-22-19(29)15-26-10-6-11-27(13-12-26)20-14-18(17-7-4-3-5-8-17)25-21-23-16-24-28(20)21/h1,3-5,7-8,14,16H,6,9-13,15H2,(H,22,29). The summed E-state index contributed by atoms with van der Waals surface area (Å²) in [6.07, 6.45) is 7.68.